The molecule has 1 aromatic heterocycles. The zero-order chi connectivity index (χ0) is 13.5. The first-order valence-electron chi connectivity index (χ1n) is 5.22. The average molecular weight is 262 g/mol. The fourth-order valence-corrected chi connectivity index (χ4v) is 2.04. The van der Waals surface area contributed by atoms with E-state index >= 15 is 0 Å². The standard InChI is InChI=1S/C10H9F3N2O3/c11-10(12,13)9-8-5(2-1-3-6(8)16)15(14-9)4-7(17)18/h1-4H2,(H,17,18). The molecule has 1 heterocycles. The number of hydrogen-bond donors (Lipinski definition) is 1. The van der Waals surface area contributed by atoms with Gasteiger partial charge < -0.3 is 5.11 Å². The lowest BCUT2D eigenvalue weighted by molar-refractivity contribution is -0.143. The number of carbonyl (C=O) groups is 2. The van der Waals surface area contributed by atoms with E-state index in [-0.39, 0.29) is 18.5 Å². The first-order chi connectivity index (χ1) is 8.30. The monoisotopic (exact) mass is 262 g/mol. The van der Waals surface area contributed by atoms with Crippen LogP contribution in [-0.4, -0.2) is 26.6 Å². The van der Waals surface area contributed by atoms with Crippen molar-refractivity contribution in [1.29, 1.82) is 0 Å². The minimum absolute atomic E-state index is 0.0366. The molecule has 0 saturated carbocycles. The van der Waals surface area contributed by atoms with Crippen molar-refractivity contribution in [2.75, 3.05) is 0 Å². The average Bonchev–Trinajstić information content (AvgIpc) is 2.57. The molecule has 1 aliphatic carbocycles. The van der Waals surface area contributed by atoms with Gasteiger partial charge in [-0.15, -0.1) is 0 Å². The molecule has 0 atom stereocenters. The summed E-state index contributed by atoms with van der Waals surface area (Å²) in [4.78, 5) is 22.1. The maximum atomic E-state index is 12.7. The molecular formula is C10H9F3N2O3. The van der Waals surface area contributed by atoms with Crippen molar-refractivity contribution in [1.82, 2.24) is 9.78 Å². The van der Waals surface area contributed by atoms with Crippen LogP contribution in [0.25, 0.3) is 0 Å². The van der Waals surface area contributed by atoms with Gasteiger partial charge in [0.15, 0.2) is 11.5 Å². The largest absolute Gasteiger partial charge is 0.480 e. The Morgan fingerprint density at radius 2 is 2.06 bits per heavy atom. The van der Waals surface area contributed by atoms with E-state index in [4.69, 9.17) is 5.11 Å². The summed E-state index contributed by atoms with van der Waals surface area (Å²) < 4.78 is 38.9. The Hall–Kier alpha value is -1.86. The lowest BCUT2D eigenvalue weighted by Gasteiger charge is -2.13. The molecule has 0 fully saturated rings. The van der Waals surface area contributed by atoms with E-state index in [1.165, 1.54) is 0 Å². The number of halogens is 3. The van der Waals surface area contributed by atoms with Crippen molar-refractivity contribution in [2.45, 2.75) is 32.0 Å². The lowest BCUT2D eigenvalue weighted by Crippen LogP contribution is -2.18. The van der Waals surface area contributed by atoms with Gasteiger partial charge in [-0.1, -0.05) is 0 Å². The molecule has 0 amide bonds. The van der Waals surface area contributed by atoms with E-state index in [9.17, 15) is 22.8 Å². The number of Topliss-reactive ketones (excluding diaryl/α,β-unsaturated/α-hetero) is 1. The summed E-state index contributed by atoms with van der Waals surface area (Å²) >= 11 is 0. The summed E-state index contributed by atoms with van der Waals surface area (Å²) in [6.45, 7) is -0.675. The molecule has 2 rings (SSSR count). The van der Waals surface area contributed by atoms with Crippen LogP contribution in [0.5, 0.6) is 0 Å². The minimum Gasteiger partial charge on any atom is -0.480 e. The highest BCUT2D eigenvalue weighted by Crippen LogP contribution is 2.35. The van der Waals surface area contributed by atoms with E-state index in [0.29, 0.717) is 6.42 Å². The number of fused-ring (bicyclic) bond motifs is 1. The Kier molecular flexibility index (Phi) is 2.88. The molecule has 0 spiro atoms. The van der Waals surface area contributed by atoms with Crippen molar-refractivity contribution in [3.05, 3.63) is 17.0 Å². The predicted octanol–water partition coefficient (Wildman–Crippen LogP) is 1.51. The number of carbonyl (C=O) groups excluding carboxylic acids is 1. The number of carboxylic acid groups (broad SMARTS) is 1. The Balaban J connectivity index is 2.58. The third kappa shape index (κ3) is 2.09. The molecule has 1 aromatic rings. The number of alkyl halides is 3. The van der Waals surface area contributed by atoms with E-state index in [2.05, 4.69) is 5.10 Å². The maximum absolute atomic E-state index is 12.7. The van der Waals surface area contributed by atoms with Gasteiger partial charge in [0.1, 0.15) is 6.54 Å². The first-order valence-corrected chi connectivity index (χ1v) is 5.22. The number of aliphatic carboxylic acids is 1. The van der Waals surface area contributed by atoms with Gasteiger partial charge in [-0.2, -0.15) is 18.3 Å². The molecule has 18 heavy (non-hydrogen) atoms. The van der Waals surface area contributed by atoms with Gasteiger partial charge in [0.2, 0.25) is 0 Å². The normalized spacial score (nSPS) is 15.6. The zero-order valence-corrected chi connectivity index (χ0v) is 9.12. The molecule has 1 aliphatic rings. The maximum Gasteiger partial charge on any atom is 0.435 e. The van der Waals surface area contributed by atoms with Gasteiger partial charge in [0.05, 0.1) is 11.3 Å². The van der Waals surface area contributed by atoms with E-state index in [1.54, 1.807) is 0 Å². The Labute approximate surface area is 99.2 Å². The second kappa shape index (κ2) is 4.11. The van der Waals surface area contributed by atoms with Crippen LogP contribution in [0.2, 0.25) is 0 Å². The second-order valence-electron chi connectivity index (χ2n) is 4.00. The van der Waals surface area contributed by atoms with Gasteiger partial charge >= 0.3 is 12.1 Å². The van der Waals surface area contributed by atoms with Crippen molar-refractivity contribution in [3.63, 3.8) is 0 Å². The summed E-state index contributed by atoms with van der Waals surface area (Å²) in [5, 5.41) is 11.9. The summed E-state index contributed by atoms with van der Waals surface area (Å²) in [7, 11) is 0. The SMILES string of the molecule is O=C(O)Cn1nc(C(F)(F)F)c2c1CCCC2=O. The molecule has 0 bridgehead atoms. The molecule has 5 nitrogen and oxygen atoms in total. The van der Waals surface area contributed by atoms with Crippen molar-refractivity contribution < 1.29 is 27.9 Å². The van der Waals surface area contributed by atoms with E-state index < -0.39 is 35.7 Å². The summed E-state index contributed by atoms with van der Waals surface area (Å²) in [6.07, 6.45) is -4.07. The lowest BCUT2D eigenvalue weighted by atomic mass is 9.94. The van der Waals surface area contributed by atoms with Crippen LogP contribution in [0.1, 0.15) is 34.6 Å². The summed E-state index contributed by atoms with van der Waals surface area (Å²) in [6, 6.07) is 0. The van der Waals surface area contributed by atoms with Crippen molar-refractivity contribution in [3.8, 4) is 0 Å². The third-order valence-electron chi connectivity index (χ3n) is 2.71. The van der Waals surface area contributed by atoms with Crippen LogP contribution in [0.4, 0.5) is 13.2 Å². The van der Waals surface area contributed by atoms with Crippen LogP contribution in [0.15, 0.2) is 0 Å². The fourth-order valence-electron chi connectivity index (χ4n) is 2.04. The molecule has 0 aliphatic heterocycles. The molecule has 0 radical (unpaired) electrons. The van der Waals surface area contributed by atoms with Gasteiger partial charge in [0.25, 0.3) is 0 Å². The summed E-state index contributed by atoms with van der Waals surface area (Å²) in [5.74, 6) is -1.92. The van der Waals surface area contributed by atoms with Crippen LogP contribution < -0.4 is 0 Å². The van der Waals surface area contributed by atoms with Crippen LogP contribution in [-0.2, 0) is 23.9 Å². The van der Waals surface area contributed by atoms with Gasteiger partial charge in [-0.3, -0.25) is 14.3 Å². The quantitative estimate of drug-likeness (QED) is 0.876. The molecular weight excluding hydrogens is 253 g/mol. The highest BCUT2D eigenvalue weighted by Gasteiger charge is 2.42. The number of nitrogens with zero attached hydrogens (tertiary/aromatic N) is 2. The smallest absolute Gasteiger partial charge is 0.435 e. The third-order valence-corrected chi connectivity index (χ3v) is 2.71. The Morgan fingerprint density at radius 3 is 2.61 bits per heavy atom. The number of ketones is 1. The number of rotatable bonds is 2. The molecule has 1 N–H and O–H groups in total. The number of hydrogen-bond acceptors (Lipinski definition) is 3. The highest BCUT2D eigenvalue weighted by molar-refractivity contribution is 5.99. The fraction of sp³-hybridized carbons (Fsp3) is 0.500. The first kappa shape index (κ1) is 12.6. The highest BCUT2D eigenvalue weighted by atomic mass is 19.4. The van der Waals surface area contributed by atoms with Gasteiger partial charge in [0, 0.05) is 6.42 Å². The second-order valence-corrected chi connectivity index (χ2v) is 4.00. The van der Waals surface area contributed by atoms with E-state index in [0.717, 1.165) is 4.68 Å². The predicted molar refractivity (Wildman–Crippen MR) is 52.1 cm³/mol. The van der Waals surface area contributed by atoms with Crippen molar-refractivity contribution in [2.24, 2.45) is 0 Å². The van der Waals surface area contributed by atoms with Crippen LogP contribution in [0.3, 0.4) is 0 Å². The zero-order valence-electron chi connectivity index (χ0n) is 9.12. The molecule has 8 heteroatoms. The van der Waals surface area contributed by atoms with Gasteiger partial charge in [-0.05, 0) is 12.8 Å². The van der Waals surface area contributed by atoms with Crippen LogP contribution in [0, 0.1) is 0 Å². The molecule has 0 saturated heterocycles. The molecule has 0 unspecified atom stereocenters. The Morgan fingerprint density at radius 1 is 1.39 bits per heavy atom. The van der Waals surface area contributed by atoms with Gasteiger partial charge in [-0.25, -0.2) is 0 Å². The van der Waals surface area contributed by atoms with Crippen LogP contribution >= 0.6 is 0 Å². The molecule has 98 valence electrons. The topological polar surface area (TPSA) is 72.2 Å². The Bertz CT molecular complexity index is 519. The van der Waals surface area contributed by atoms with E-state index in [1.807, 2.05) is 0 Å². The minimum atomic E-state index is -4.75. The van der Waals surface area contributed by atoms with Crippen molar-refractivity contribution >= 4 is 11.8 Å². The summed E-state index contributed by atoms with van der Waals surface area (Å²) in [5.41, 5.74) is -1.67. The molecule has 0 aromatic carbocycles. The number of carboxylic acids is 1. The number of aromatic nitrogens is 2.